The molecular formula is C20H32O4. The molecule has 2 atom stereocenters. The van der Waals surface area contributed by atoms with Crippen LogP contribution >= 0.6 is 0 Å². The van der Waals surface area contributed by atoms with Crippen molar-refractivity contribution >= 4 is 5.97 Å². The lowest BCUT2D eigenvalue weighted by Gasteiger charge is -2.02. The number of carboxylic acids is 1. The molecular weight excluding hydrogens is 304 g/mol. The van der Waals surface area contributed by atoms with Crippen LogP contribution in [0.15, 0.2) is 48.6 Å². The van der Waals surface area contributed by atoms with Gasteiger partial charge in [-0.3, -0.25) is 4.79 Å². The molecule has 4 heteroatoms. The zero-order valence-electron chi connectivity index (χ0n) is 14.7. The highest BCUT2D eigenvalue weighted by Gasteiger charge is 1.97. The van der Waals surface area contributed by atoms with E-state index in [-0.39, 0.29) is 12.5 Å². The second kappa shape index (κ2) is 16.2. The van der Waals surface area contributed by atoms with Crippen molar-refractivity contribution in [1.82, 2.24) is 0 Å². The molecule has 0 bridgehead atoms. The topological polar surface area (TPSA) is 77.8 Å². The summed E-state index contributed by atoms with van der Waals surface area (Å²) in [5, 5.41) is 27.9. The molecule has 136 valence electrons. The summed E-state index contributed by atoms with van der Waals surface area (Å²) >= 11 is 0. The summed E-state index contributed by atoms with van der Waals surface area (Å²) in [6.07, 6.45) is 19.7. The summed E-state index contributed by atoms with van der Waals surface area (Å²) in [6.45, 7) is 2.14. The van der Waals surface area contributed by atoms with Crippen LogP contribution in [-0.4, -0.2) is 33.5 Å². The first-order valence-corrected chi connectivity index (χ1v) is 8.80. The van der Waals surface area contributed by atoms with E-state index in [0.29, 0.717) is 19.3 Å². The van der Waals surface area contributed by atoms with Gasteiger partial charge in [-0.15, -0.1) is 0 Å². The number of hydrogen-bond donors (Lipinski definition) is 3. The number of carbonyl (C=O) groups is 1. The number of allylic oxidation sites excluding steroid dienone is 5. The van der Waals surface area contributed by atoms with E-state index in [1.54, 1.807) is 18.2 Å². The molecule has 0 radical (unpaired) electrons. The maximum atomic E-state index is 10.3. The molecule has 0 saturated carbocycles. The SMILES string of the molecule is CCCCCC(O)C=CC=CC=CC(O)CC=CCCCC(=O)O. The summed E-state index contributed by atoms with van der Waals surface area (Å²) in [6, 6.07) is 0. The number of carboxylic acid groups (broad SMARTS) is 1. The zero-order chi connectivity index (χ0) is 18.0. The Morgan fingerprint density at radius 1 is 0.917 bits per heavy atom. The standard InChI is InChI=1S/C20H32O4/c1-2-3-8-13-18(21)14-9-4-5-10-15-19(22)16-11-6-7-12-17-20(23)24/h4-6,9-11,14-15,18-19,21-22H,2-3,7-8,12-13,16-17H2,1H3,(H,23,24). The Labute approximate surface area is 145 Å². The van der Waals surface area contributed by atoms with Crippen molar-refractivity contribution in [2.75, 3.05) is 0 Å². The van der Waals surface area contributed by atoms with Crippen LogP contribution in [0.25, 0.3) is 0 Å². The van der Waals surface area contributed by atoms with Crippen LogP contribution in [0.2, 0.25) is 0 Å². The lowest BCUT2D eigenvalue weighted by Crippen LogP contribution is -2.00. The number of aliphatic carboxylic acids is 1. The first kappa shape index (κ1) is 22.4. The first-order valence-electron chi connectivity index (χ1n) is 8.80. The minimum absolute atomic E-state index is 0.179. The molecule has 0 heterocycles. The molecule has 0 aliphatic heterocycles. The fourth-order valence-electron chi connectivity index (χ4n) is 2.02. The van der Waals surface area contributed by atoms with E-state index in [9.17, 15) is 15.0 Å². The van der Waals surface area contributed by atoms with Crippen molar-refractivity contribution in [1.29, 1.82) is 0 Å². The number of unbranched alkanes of at least 4 members (excludes halogenated alkanes) is 3. The Kier molecular flexibility index (Phi) is 15.1. The van der Waals surface area contributed by atoms with Crippen LogP contribution in [0.4, 0.5) is 0 Å². The maximum absolute atomic E-state index is 10.3. The summed E-state index contributed by atoms with van der Waals surface area (Å²) in [5.41, 5.74) is 0. The van der Waals surface area contributed by atoms with Gasteiger partial charge in [-0.2, -0.15) is 0 Å². The van der Waals surface area contributed by atoms with Crippen molar-refractivity contribution in [3.63, 3.8) is 0 Å². The van der Waals surface area contributed by atoms with E-state index in [1.807, 2.05) is 30.4 Å². The fraction of sp³-hybridized carbons (Fsp3) is 0.550. The molecule has 0 amide bonds. The highest BCUT2D eigenvalue weighted by molar-refractivity contribution is 5.66. The third-order valence-electron chi connectivity index (χ3n) is 3.41. The number of hydrogen-bond acceptors (Lipinski definition) is 3. The predicted octanol–water partition coefficient (Wildman–Crippen LogP) is 4.16. The lowest BCUT2D eigenvalue weighted by molar-refractivity contribution is -0.137. The van der Waals surface area contributed by atoms with Crippen LogP contribution in [-0.2, 0) is 4.79 Å². The summed E-state index contributed by atoms with van der Waals surface area (Å²) in [4.78, 5) is 10.3. The minimum atomic E-state index is -0.777. The molecule has 0 saturated heterocycles. The Morgan fingerprint density at radius 2 is 1.58 bits per heavy atom. The van der Waals surface area contributed by atoms with Crippen molar-refractivity contribution in [2.45, 2.75) is 70.5 Å². The molecule has 0 fully saturated rings. The van der Waals surface area contributed by atoms with Crippen molar-refractivity contribution in [3.8, 4) is 0 Å². The molecule has 0 aliphatic carbocycles. The number of rotatable bonds is 14. The minimum Gasteiger partial charge on any atom is -0.481 e. The lowest BCUT2D eigenvalue weighted by atomic mass is 10.1. The highest BCUT2D eigenvalue weighted by atomic mass is 16.4. The van der Waals surface area contributed by atoms with Gasteiger partial charge < -0.3 is 15.3 Å². The molecule has 0 spiro atoms. The van der Waals surface area contributed by atoms with Crippen molar-refractivity contribution < 1.29 is 20.1 Å². The first-order chi connectivity index (χ1) is 11.6. The molecule has 24 heavy (non-hydrogen) atoms. The van der Waals surface area contributed by atoms with Gasteiger partial charge in [0.15, 0.2) is 0 Å². The second-order valence-corrected chi connectivity index (χ2v) is 5.78. The Balaban J connectivity index is 3.80. The van der Waals surface area contributed by atoms with Gasteiger partial charge in [-0.25, -0.2) is 0 Å². The van der Waals surface area contributed by atoms with Crippen LogP contribution in [0, 0.1) is 0 Å². The average Bonchev–Trinajstić information content (AvgIpc) is 2.54. The second-order valence-electron chi connectivity index (χ2n) is 5.78. The molecule has 0 aliphatic rings. The quantitative estimate of drug-likeness (QED) is 0.253. The number of aliphatic hydroxyl groups is 2. The molecule has 0 aromatic rings. The largest absolute Gasteiger partial charge is 0.481 e. The van der Waals surface area contributed by atoms with Gasteiger partial charge in [0.25, 0.3) is 0 Å². The van der Waals surface area contributed by atoms with E-state index < -0.39 is 12.1 Å². The molecule has 0 aromatic carbocycles. The molecule has 2 unspecified atom stereocenters. The summed E-state index contributed by atoms with van der Waals surface area (Å²) in [5.74, 6) is -0.777. The van der Waals surface area contributed by atoms with Gasteiger partial charge in [0, 0.05) is 6.42 Å². The van der Waals surface area contributed by atoms with E-state index >= 15 is 0 Å². The third kappa shape index (κ3) is 16.7. The maximum Gasteiger partial charge on any atom is 0.303 e. The Hall–Kier alpha value is -1.65. The molecule has 0 aromatic heterocycles. The van der Waals surface area contributed by atoms with Gasteiger partial charge in [-0.05, 0) is 25.7 Å². The van der Waals surface area contributed by atoms with E-state index in [0.717, 1.165) is 25.7 Å². The molecule has 4 nitrogen and oxygen atoms in total. The Bertz CT molecular complexity index is 421. The number of aliphatic hydroxyl groups excluding tert-OH is 2. The summed E-state index contributed by atoms with van der Waals surface area (Å²) < 4.78 is 0. The average molecular weight is 336 g/mol. The summed E-state index contributed by atoms with van der Waals surface area (Å²) in [7, 11) is 0. The third-order valence-corrected chi connectivity index (χ3v) is 3.41. The van der Waals surface area contributed by atoms with Gasteiger partial charge in [0.1, 0.15) is 0 Å². The Morgan fingerprint density at radius 3 is 2.21 bits per heavy atom. The van der Waals surface area contributed by atoms with Crippen molar-refractivity contribution in [2.24, 2.45) is 0 Å². The molecule has 3 N–H and O–H groups in total. The van der Waals surface area contributed by atoms with Crippen LogP contribution in [0.3, 0.4) is 0 Å². The van der Waals surface area contributed by atoms with Gasteiger partial charge >= 0.3 is 5.97 Å². The van der Waals surface area contributed by atoms with Crippen LogP contribution in [0.1, 0.15) is 58.3 Å². The fourth-order valence-corrected chi connectivity index (χ4v) is 2.02. The predicted molar refractivity (Wildman–Crippen MR) is 98.8 cm³/mol. The van der Waals surface area contributed by atoms with E-state index in [4.69, 9.17) is 5.11 Å². The smallest absolute Gasteiger partial charge is 0.303 e. The molecule has 0 rings (SSSR count). The van der Waals surface area contributed by atoms with Gasteiger partial charge in [0.05, 0.1) is 12.2 Å². The van der Waals surface area contributed by atoms with Crippen molar-refractivity contribution in [3.05, 3.63) is 48.6 Å². The van der Waals surface area contributed by atoms with Crippen LogP contribution < -0.4 is 0 Å². The normalized spacial score (nSPS) is 15.1. The van der Waals surface area contributed by atoms with Crippen LogP contribution in [0.5, 0.6) is 0 Å². The van der Waals surface area contributed by atoms with Gasteiger partial charge in [0.2, 0.25) is 0 Å². The van der Waals surface area contributed by atoms with E-state index in [1.165, 1.54) is 0 Å². The zero-order valence-corrected chi connectivity index (χ0v) is 14.7. The van der Waals surface area contributed by atoms with E-state index in [2.05, 4.69) is 6.92 Å². The monoisotopic (exact) mass is 336 g/mol. The van der Waals surface area contributed by atoms with Gasteiger partial charge in [-0.1, -0.05) is 74.8 Å². The highest BCUT2D eigenvalue weighted by Crippen LogP contribution is 2.04.